The zero-order valence-electron chi connectivity index (χ0n) is 14.5. The van der Waals surface area contributed by atoms with Gasteiger partial charge >= 0.3 is 0 Å². The van der Waals surface area contributed by atoms with Crippen molar-refractivity contribution in [3.63, 3.8) is 0 Å². The van der Waals surface area contributed by atoms with Gasteiger partial charge in [-0.3, -0.25) is 4.79 Å². The Morgan fingerprint density at radius 1 is 1.16 bits per heavy atom. The molecule has 0 spiro atoms. The Hall–Kier alpha value is -1.15. The molecule has 2 N–H and O–H groups in total. The lowest BCUT2D eigenvalue weighted by molar-refractivity contribution is 0.0790. The maximum absolute atomic E-state index is 12.8. The molecule has 0 bridgehead atoms. The molecule has 8 heteroatoms. The molecule has 2 aliphatic heterocycles. The summed E-state index contributed by atoms with van der Waals surface area (Å²) in [6.07, 6.45) is 3.64. The first-order valence-corrected chi connectivity index (χ1v) is 9.99. The van der Waals surface area contributed by atoms with Crippen LogP contribution in [0.3, 0.4) is 0 Å². The van der Waals surface area contributed by atoms with E-state index < -0.39 is 10.0 Å². The Morgan fingerprint density at radius 3 is 2.44 bits per heavy atom. The monoisotopic (exact) mass is 387 g/mol. The Morgan fingerprint density at radius 2 is 1.84 bits per heavy atom. The molecule has 1 amide bonds. The van der Waals surface area contributed by atoms with Gasteiger partial charge in [-0.25, -0.2) is 8.42 Å². The fourth-order valence-electron chi connectivity index (χ4n) is 3.39. The summed E-state index contributed by atoms with van der Waals surface area (Å²) in [6, 6.07) is 4.87. The molecule has 3 rings (SSSR count). The van der Waals surface area contributed by atoms with Crippen molar-refractivity contribution >= 4 is 28.3 Å². The lowest BCUT2D eigenvalue weighted by Gasteiger charge is -2.26. The molecule has 0 unspecified atom stereocenters. The van der Waals surface area contributed by atoms with Gasteiger partial charge in [-0.1, -0.05) is 12.5 Å². The topological polar surface area (TPSA) is 83.7 Å². The number of halogens is 1. The molecule has 0 aliphatic carbocycles. The highest BCUT2D eigenvalue weighted by molar-refractivity contribution is 7.89. The van der Waals surface area contributed by atoms with Gasteiger partial charge in [0.05, 0.1) is 4.90 Å². The Kier molecular flexibility index (Phi) is 6.48. The third kappa shape index (κ3) is 4.16. The summed E-state index contributed by atoms with van der Waals surface area (Å²) in [5, 5.41) is 0. The molecule has 1 aromatic carbocycles. The predicted octanol–water partition coefficient (Wildman–Crippen LogP) is 1.76. The van der Waals surface area contributed by atoms with E-state index in [2.05, 4.69) is 0 Å². The predicted molar refractivity (Wildman–Crippen MR) is 99.5 cm³/mol. The first-order chi connectivity index (χ1) is 11.4. The fourth-order valence-corrected chi connectivity index (χ4v) is 4.93. The first-order valence-electron chi connectivity index (χ1n) is 8.55. The molecule has 1 atom stereocenters. The van der Waals surface area contributed by atoms with Gasteiger partial charge in [-0.15, -0.1) is 12.4 Å². The molecule has 0 radical (unpaired) electrons. The van der Waals surface area contributed by atoms with Crippen LogP contribution in [0.15, 0.2) is 23.1 Å². The minimum Gasteiger partial charge on any atom is -0.337 e. The van der Waals surface area contributed by atoms with Crippen molar-refractivity contribution < 1.29 is 13.2 Å². The average molecular weight is 388 g/mol. The lowest BCUT2D eigenvalue weighted by Crippen LogP contribution is -2.36. The van der Waals surface area contributed by atoms with Crippen molar-refractivity contribution in [2.45, 2.75) is 43.5 Å². The maximum Gasteiger partial charge on any atom is 0.254 e. The van der Waals surface area contributed by atoms with Crippen LogP contribution in [0.5, 0.6) is 0 Å². The number of benzene rings is 1. The van der Waals surface area contributed by atoms with E-state index >= 15 is 0 Å². The molecule has 2 fully saturated rings. The van der Waals surface area contributed by atoms with Crippen LogP contribution in [0.1, 0.15) is 41.6 Å². The number of carbonyl (C=O) groups excluding carboxylic acids is 1. The summed E-state index contributed by atoms with van der Waals surface area (Å²) in [7, 11) is -3.53. The van der Waals surface area contributed by atoms with Crippen molar-refractivity contribution in [1.29, 1.82) is 0 Å². The Labute approximate surface area is 155 Å². The molecule has 2 saturated heterocycles. The second-order valence-corrected chi connectivity index (χ2v) is 8.68. The van der Waals surface area contributed by atoms with Gasteiger partial charge < -0.3 is 10.6 Å². The minimum atomic E-state index is -3.53. The second-order valence-electron chi connectivity index (χ2n) is 6.74. The summed E-state index contributed by atoms with van der Waals surface area (Å²) < 4.78 is 27.2. The van der Waals surface area contributed by atoms with Crippen molar-refractivity contribution in [1.82, 2.24) is 9.21 Å². The van der Waals surface area contributed by atoms with Gasteiger partial charge in [0.1, 0.15) is 0 Å². The zero-order chi connectivity index (χ0) is 17.3. The van der Waals surface area contributed by atoms with Gasteiger partial charge in [0.25, 0.3) is 5.91 Å². The highest BCUT2D eigenvalue weighted by Gasteiger charge is 2.29. The molecule has 0 saturated carbocycles. The number of hydrogen-bond donors (Lipinski definition) is 1. The zero-order valence-corrected chi connectivity index (χ0v) is 16.1. The number of amides is 1. The van der Waals surface area contributed by atoms with Crippen LogP contribution in [-0.4, -0.2) is 55.8 Å². The quantitative estimate of drug-likeness (QED) is 0.856. The van der Waals surface area contributed by atoms with Gasteiger partial charge in [0, 0.05) is 37.8 Å². The Balaban J connectivity index is 0.00000225. The molecule has 140 valence electrons. The third-order valence-corrected chi connectivity index (χ3v) is 6.80. The normalized spacial score (nSPS) is 21.8. The van der Waals surface area contributed by atoms with E-state index in [4.69, 9.17) is 5.73 Å². The van der Waals surface area contributed by atoms with Crippen LogP contribution in [0.25, 0.3) is 0 Å². The summed E-state index contributed by atoms with van der Waals surface area (Å²) >= 11 is 0. The van der Waals surface area contributed by atoms with Crippen LogP contribution in [0.2, 0.25) is 0 Å². The maximum atomic E-state index is 12.8. The van der Waals surface area contributed by atoms with Crippen LogP contribution in [0.4, 0.5) is 0 Å². The number of likely N-dealkylation sites (tertiary alicyclic amines) is 1. The molecular formula is C17H26ClN3O3S. The standard InChI is InChI=1S/C17H25N3O3S.ClH/c1-13-5-6-15(24(22,23)20-8-3-2-4-9-20)11-16(13)17(21)19-10-7-14(18)12-19;/h5-6,11,14H,2-4,7-10,12,18H2,1H3;1H/t14-;/m1./s1. The van der Waals surface area contributed by atoms with E-state index in [1.807, 2.05) is 6.92 Å². The third-order valence-electron chi connectivity index (χ3n) is 4.90. The smallest absolute Gasteiger partial charge is 0.254 e. The highest BCUT2D eigenvalue weighted by atomic mass is 35.5. The Bertz CT molecular complexity index is 733. The average Bonchev–Trinajstić information content (AvgIpc) is 3.02. The first kappa shape index (κ1) is 20.2. The molecule has 2 aliphatic rings. The van der Waals surface area contributed by atoms with E-state index in [1.165, 1.54) is 10.4 Å². The van der Waals surface area contributed by atoms with Crippen LogP contribution >= 0.6 is 12.4 Å². The molecular weight excluding hydrogens is 362 g/mol. The molecule has 25 heavy (non-hydrogen) atoms. The number of hydrogen-bond acceptors (Lipinski definition) is 4. The van der Waals surface area contributed by atoms with E-state index in [1.54, 1.807) is 17.0 Å². The van der Waals surface area contributed by atoms with Crippen molar-refractivity contribution in [2.75, 3.05) is 26.2 Å². The largest absolute Gasteiger partial charge is 0.337 e. The fraction of sp³-hybridized carbons (Fsp3) is 0.588. The SMILES string of the molecule is Cc1ccc(S(=O)(=O)N2CCCCC2)cc1C(=O)N1CC[C@@H](N)C1.Cl. The van der Waals surface area contributed by atoms with Crippen LogP contribution in [0, 0.1) is 6.92 Å². The molecule has 0 aromatic heterocycles. The number of carbonyl (C=O) groups is 1. The van der Waals surface area contributed by atoms with Crippen molar-refractivity contribution in [2.24, 2.45) is 5.73 Å². The number of aryl methyl sites for hydroxylation is 1. The second kappa shape index (κ2) is 8.03. The van der Waals surface area contributed by atoms with Gasteiger partial charge in [0.15, 0.2) is 0 Å². The molecule has 1 aromatic rings. The number of sulfonamides is 1. The van der Waals surface area contributed by atoms with Gasteiger partial charge in [-0.2, -0.15) is 4.31 Å². The lowest BCUT2D eigenvalue weighted by atomic mass is 10.1. The number of piperidine rings is 1. The number of nitrogens with two attached hydrogens (primary N) is 1. The van der Waals surface area contributed by atoms with E-state index in [9.17, 15) is 13.2 Å². The van der Waals surface area contributed by atoms with Crippen molar-refractivity contribution in [3.05, 3.63) is 29.3 Å². The van der Waals surface area contributed by atoms with Crippen LogP contribution in [-0.2, 0) is 10.0 Å². The summed E-state index contributed by atoms with van der Waals surface area (Å²) in [5.74, 6) is -0.129. The summed E-state index contributed by atoms with van der Waals surface area (Å²) in [6.45, 7) is 4.10. The van der Waals surface area contributed by atoms with E-state index in [-0.39, 0.29) is 29.3 Å². The number of nitrogens with zero attached hydrogens (tertiary/aromatic N) is 2. The highest BCUT2D eigenvalue weighted by Crippen LogP contribution is 2.24. The number of rotatable bonds is 3. The van der Waals surface area contributed by atoms with Crippen LogP contribution < -0.4 is 5.73 Å². The van der Waals surface area contributed by atoms with E-state index in [0.29, 0.717) is 31.7 Å². The molecule has 6 nitrogen and oxygen atoms in total. The van der Waals surface area contributed by atoms with Gasteiger partial charge in [-0.05, 0) is 43.9 Å². The minimum absolute atomic E-state index is 0. The van der Waals surface area contributed by atoms with Crippen molar-refractivity contribution in [3.8, 4) is 0 Å². The van der Waals surface area contributed by atoms with E-state index in [0.717, 1.165) is 31.2 Å². The molecule has 2 heterocycles. The summed E-state index contributed by atoms with van der Waals surface area (Å²) in [4.78, 5) is 14.7. The summed E-state index contributed by atoms with van der Waals surface area (Å²) in [5.41, 5.74) is 7.13. The van der Waals surface area contributed by atoms with Gasteiger partial charge in [0.2, 0.25) is 10.0 Å².